The summed E-state index contributed by atoms with van der Waals surface area (Å²) in [5.74, 6) is -4.21. The van der Waals surface area contributed by atoms with Crippen LogP contribution in [0.4, 0.5) is 13.2 Å². The Kier molecular flexibility index (Phi) is 7.61. The van der Waals surface area contributed by atoms with Crippen molar-refractivity contribution in [1.29, 1.82) is 0 Å². The van der Waals surface area contributed by atoms with Crippen molar-refractivity contribution in [3.8, 4) is 5.75 Å². The van der Waals surface area contributed by atoms with Gasteiger partial charge < -0.3 is 19.7 Å². The van der Waals surface area contributed by atoms with E-state index in [1.807, 2.05) is 45.2 Å². The molecule has 0 radical (unpaired) electrons. The molecule has 2 bridgehead atoms. The Morgan fingerprint density at radius 3 is 2.40 bits per heavy atom. The van der Waals surface area contributed by atoms with E-state index < -0.39 is 42.8 Å². The zero-order chi connectivity index (χ0) is 22.4. The van der Waals surface area contributed by atoms with Gasteiger partial charge in [0.25, 0.3) is 0 Å². The molecular weight excluding hydrogens is 750 g/mol. The number of carbonyl (C=O) groups is 2. The third-order valence-electron chi connectivity index (χ3n) is 5.08. The van der Waals surface area contributed by atoms with Gasteiger partial charge in [-0.15, -0.1) is 0 Å². The fraction of sp³-hybridized carbons (Fsp3) is 0.444. The van der Waals surface area contributed by atoms with Gasteiger partial charge in [-0.25, -0.2) is 4.79 Å². The molecule has 2 aliphatic carbocycles. The maximum atomic E-state index is 13.0. The first-order valence-electron chi connectivity index (χ1n) is 8.58. The second-order valence-electron chi connectivity index (χ2n) is 6.95. The summed E-state index contributed by atoms with van der Waals surface area (Å²) < 4.78 is 48.8. The zero-order valence-electron chi connectivity index (χ0n) is 14.8. The van der Waals surface area contributed by atoms with Gasteiger partial charge in [0.05, 0.1) is 18.6 Å². The van der Waals surface area contributed by atoms with Gasteiger partial charge >= 0.3 is 18.1 Å². The highest BCUT2D eigenvalue weighted by Crippen LogP contribution is 2.50. The van der Waals surface area contributed by atoms with E-state index in [2.05, 4.69) is 4.74 Å². The topological polar surface area (TPSA) is 93.1 Å². The van der Waals surface area contributed by atoms with Crippen molar-refractivity contribution in [3.05, 3.63) is 34.5 Å². The van der Waals surface area contributed by atoms with Gasteiger partial charge in [0.15, 0.2) is 12.0 Å². The number of esters is 1. The van der Waals surface area contributed by atoms with E-state index in [0.29, 0.717) is 13.6 Å². The van der Waals surface area contributed by atoms with Gasteiger partial charge in [0.1, 0.15) is 6.61 Å². The van der Waals surface area contributed by atoms with Crippen LogP contribution >= 0.6 is 67.8 Å². The van der Waals surface area contributed by atoms with Crippen LogP contribution in [0.15, 0.2) is 18.2 Å². The number of halogens is 6. The lowest BCUT2D eigenvalue weighted by molar-refractivity contribution is -0.234. The van der Waals surface area contributed by atoms with Crippen molar-refractivity contribution in [2.45, 2.75) is 18.9 Å². The van der Waals surface area contributed by atoms with E-state index in [1.165, 1.54) is 0 Å². The number of hydrogen-bond donors (Lipinski definition) is 2. The molecule has 6 nitrogen and oxygen atoms in total. The van der Waals surface area contributed by atoms with Crippen molar-refractivity contribution in [2.24, 2.45) is 23.7 Å². The molecule has 1 fully saturated rings. The molecule has 1 aromatic carbocycles. The van der Waals surface area contributed by atoms with Gasteiger partial charge in [0.2, 0.25) is 0 Å². The number of rotatable bonds is 6. The number of benzene rings is 1. The van der Waals surface area contributed by atoms with E-state index >= 15 is 0 Å². The fourth-order valence-corrected chi connectivity index (χ4v) is 7.96. The van der Waals surface area contributed by atoms with E-state index in [4.69, 9.17) is 4.74 Å². The maximum Gasteiger partial charge on any atom is 0.411 e. The number of hydrogen-bond acceptors (Lipinski definition) is 5. The monoisotopic (exact) mass is 764 g/mol. The van der Waals surface area contributed by atoms with Crippen LogP contribution in [0.2, 0.25) is 0 Å². The van der Waals surface area contributed by atoms with Crippen LogP contribution in [-0.4, -0.2) is 41.2 Å². The summed E-state index contributed by atoms with van der Waals surface area (Å²) in [5.41, 5.74) is -0.00245. The number of allylic oxidation sites excluding steroid dienone is 2. The van der Waals surface area contributed by atoms with Crippen molar-refractivity contribution in [3.63, 3.8) is 0 Å². The van der Waals surface area contributed by atoms with Gasteiger partial charge in [-0.2, -0.15) is 13.2 Å². The number of alkyl halides is 3. The van der Waals surface area contributed by atoms with Crippen LogP contribution in [0.3, 0.4) is 0 Å². The van der Waals surface area contributed by atoms with Gasteiger partial charge in [-0.1, -0.05) is 12.2 Å². The minimum atomic E-state index is -4.61. The minimum absolute atomic E-state index is 0.00245. The molecule has 0 saturated heterocycles. The number of carbonyl (C=O) groups excluding carboxylic acids is 1. The summed E-state index contributed by atoms with van der Waals surface area (Å²) in [6, 6.07) is 1.56. The number of carboxylic acids is 1. The summed E-state index contributed by atoms with van der Waals surface area (Å²) in [7, 11) is 0. The molecule has 2 aliphatic rings. The van der Waals surface area contributed by atoms with Crippen LogP contribution in [-0.2, 0) is 9.53 Å². The predicted octanol–water partition coefficient (Wildman–Crippen LogP) is 4.44. The highest BCUT2D eigenvalue weighted by atomic mass is 127. The molecule has 0 aliphatic heterocycles. The smallest absolute Gasteiger partial charge is 0.411 e. The number of ether oxygens (including phenoxy) is 2. The highest BCUT2D eigenvalue weighted by Gasteiger charge is 2.53. The molecule has 0 amide bonds. The molecule has 5 unspecified atom stereocenters. The van der Waals surface area contributed by atoms with Crippen LogP contribution in [0, 0.1) is 34.4 Å². The molecule has 0 heterocycles. The molecule has 30 heavy (non-hydrogen) atoms. The summed E-state index contributed by atoms with van der Waals surface area (Å²) in [6.07, 6.45) is -2.34. The summed E-state index contributed by atoms with van der Waals surface area (Å²) in [4.78, 5) is 24.5. The summed E-state index contributed by atoms with van der Waals surface area (Å²) in [6.45, 7) is -1.62. The summed E-state index contributed by atoms with van der Waals surface area (Å²) >= 11 is 5.58. The second kappa shape index (κ2) is 9.35. The normalized spacial score (nSPS) is 26.1. The predicted molar refractivity (Wildman–Crippen MR) is 123 cm³/mol. The van der Waals surface area contributed by atoms with Crippen LogP contribution in [0.1, 0.15) is 16.8 Å². The molecule has 1 aromatic rings. The van der Waals surface area contributed by atoms with E-state index in [1.54, 1.807) is 40.8 Å². The Hall–Kier alpha value is -0.200. The maximum absolute atomic E-state index is 13.0. The van der Waals surface area contributed by atoms with Crippen LogP contribution < -0.4 is 4.74 Å². The quantitative estimate of drug-likeness (QED) is 0.147. The first-order valence-corrected chi connectivity index (χ1v) is 11.8. The molecule has 0 spiro atoms. The third-order valence-corrected chi connectivity index (χ3v) is 7.77. The molecule has 12 heteroatoms. The van der Waals surface area contributed by atoms with Gasteiger partial charge in [-0.05, 0) is 92.1 Å². The number of aromatic carboxylic acids is 1. The number of aliphatic hydroxyl groups excluding tert-OH is 1. The van der Waals surface area contributed by atoms with Crippen molar-refractivity contribution >= 4 is 79.7 Å². The number of carboxylic acid groups (broad SMARTS) is 1. The van der Waals surface area contributed by atoms with Crippen LogP contribution in [0.5, 0.6) is 5.75 Å². The Morgan fingerprint density at radius 1 is 1.17 bits per heavy atom. The summed E-state index contributed by atoms with van der Waals surface area (Å²) in [5, 5.41) is 19.7. The molecule has 0 aromatic heterocycles. The van der Waals surface area contributed by atoms with Crippen molar-refractivity contribution in [1.82, 2.24) is 0 Å². The van der Waals surface area contributed by atoms with Crippen molar-refractivity contribution in [2.75, 3.05) is 6.61 Å². The molecule has 3 rings (SSSR count). The largest absolute Gasteiger partial charge is 0.478 e. The molecule has 164 valence electrons. The Morgan fingerprint density at radius 2 is 1.80 bits per heavy atom. The molecular formula is C18H14F3I3O6. The number of aliphatic hydroxyl groups is 1. The molecule has 2 N–H and O–H groups in total. The second-order valence-corrected chi connectivity index (χ2v) is 10.4. The first-order chi connectivity index (χ1) is 13.9. The lowest BCUT2D eigenvalue weighted by atomic mass is 9.82. The number of fused-ring (bicyclic) bond motifs is 2. The fourth-order valence-electron chi connectivity index (χ4n) is 3.90. The lowest BCUT2D eigenvalue weighted by Crippen LogP contribution is -2.40. The third kappa shape index (κ3) is 5.06. The highest BCUT2D eigenvalue weighted by molar-refractivity contribution is 14.1. The molecule has 1 saturated carbocycles. The van der Waals surface area contributed by atoms with E-state index in [0.717, 1.165) is 0 Å². The Bertz CT molecular complexity index is 904. The van der Waals surface area contributed by atoms with Gasteiger partial charge in [-0.3, -0.25) is 4.79 Å². The van der Waals surface area contributed by atoms with Crippen LogP contribution in [0.25, 0.3) is 0 Å². The van der Waals surface area contributed by atoms with E-state index in [-0.39, 0.29) is 26.7 Å². The Labute approximate surface area is 210 Å². The Balaban J connectivity index is 1.85. The first kappa shape index (κ1) is 24.4. The lowest BCUT2D eigenvalue weighted by Gasteiger charge is -2.30. The van der Waals surface area contributed by atoms with E-state index in [9.17, 15) is 33.0 Å². The average molecular weight is 764 g/mol. The zero-order valence-corrected chi connectivity index (χ0v) is 21.3. The SMILES string of the molecule is O=C(O)c1c(I)cc(I)c(OC(=O)C2C3C=CC(C3)C2C(O)OCC(F)(F)F)c1I. The van der Waals surface area contributed by atoms with Gasteiger partial charge in [0, 0.05) is 9.49 Å². The minimum Gasteiger partial charge on any atom is -0.478 e. The molecule has 5 atom stereocenters. The average Bonchev–Trinajstić information content (AvgIpc) is 3.23. The van der Waals surface area contributed by atoms with Crippen molar-refractivity contribution < 1.29 is 42.4 Å². The standard InChI is InChI=1S/C18H14F3I3O6/c19-18(20,21)5-29-16(27)10-6-1-2-7(3-6)11(10)17(28)30-14-9(23)4-8(22)12(13(14)24)15(25)26/h1-2,4,6-7,10-11,16,27H,3,5H2,(H,25,26).